The molecule has 1 aromatic carbocycles. The summed E-state index contributed by atoms with van der Waals surface area (Å²) in [7, 11) is 0. The fourth-order valence-corrected chi connectivity index (χ4v) is 1.37. The first kappa shape index (κ1) is 16.3. The van der Waals surface area contributed by atoms with Crippen molar-refractivity contribution in [2.45, 2.75) is 13.8 Å². The monoisotopic (exact) mass is 295 g/mol. The summed E-state index contributed by atoms with van der Waals surface area (Å²) in [6.45, 7) is 3.77. The van der Waals surface area contributed by atoms with Crippen LogP contribution in [0, 0.1) is 0 Å². The minimum absolute atomic E-state index is 0.195. The van der Waals surface area contributed by atoms with Gasteiger partial charge in [-0.05, 0) is 32.0 Å². The smallest absolute Gasteiger partial charge is 0.426 e. The Balaban J connectivity index is 2.60. The van der Waals surface area contributed by atoms with Crippen molar-refractivity contribution in [1.29, 1.82) is 0 Å². The van der Waals surface area contributed by atoms with E-state index in [1.165, 1.54) is 12.1 Å². The van der Waals surface area contributed by atoms with Gasteiger partial charge in [0.05, 0.1) is 13.2 Å². The summed E-state index contributed by atoms with van der Waals surface area (Å²) in [6, 6.07) is 6.16. The van der Waals surface area contributed by atoms with Crippen LogP contribution in [0.2, 0.25) is 0 Å². The van der Waals surface area contributed by atoms with Crippen LogP contribution in [0.4, 0.5) is 15.3 Å². The Morgan fingerprint density at radius 1 is 1.00 bits per heavy atom. The Hall–Kier alpha value is -2.77. The third-order valence-corrected chi connectivity index (χ3v) is 2.20. The lowest BCUT2D eigenvalue weighted by molar-refractivity contribution is 0.0912. The zero-order valence-electron chi connectivity index (χ0n) is 11.8. The van der Waals surface area contributed by atoms with Crippen molar-refractivity contribution >= 4 is 23.8 Å². The van der Waals surface area contributed by atoms with Crippen LogP contribution in [0.25, 0.3) is 0 Å². The number of ether oxygens (including phenoxy) is 2. The first-order valence-electron chi connectivity index (χ1n) is 6.33. The van der Waals surface area contributed by atoms with Crippen molar-refractivity contribution in [3.63, 3.8) is 0 Å². The molecule has 8 heteroatoms. The van der Waals surface area contributed by atoms with Gasteiger partial charge in [0.2, 0.25) is 0 Å². The topological polar surface area (TPSA) is 106 Å². The van der Waals surface area contributed by atoms with Crippen LogP contribution >= 0.6 is 0 Å². The van der Waals surface area contributed by atoms with E-state index in [1.54, 1.807) is 26.0 Å². The lowest BCUT2D eigenvalue weighted by atomic mass is 10.2. The van der Waals surface area contributed by atoms with E-state index in [0.717, 1.165) is 0 Å². The fraction of sp³-hybridized carbons (Fsp3) is 0.308. The third-order valence-electron chi connectivity index (χ3n) is 2.20. The van der Waals surface area contributed by atoms with Crippen LogP contribution in [0.5, 0.6) is 0 Å². The summed E-state index contributed by atoms with van der Waals surface area (Å²) in [5, 5.41) is 2.47. The molecule has 0 aliphatic rings. The van der Waals surface area contributed by atoms with E-state index in [-0.39, 0.29) is 18.8 Å². The van der Waals surface area contributed by atoms with Crippen LogP contribution in [-0.4, -0.2) is 31.3 Å². The Bertz CT molecular complexity index is 518. The Labute approximate surface area is 121 Å². The molecular weight excluding hydrogens is 278 g/mol. The third kappa shape index (κ3) is 5.81. The summed E-state index contributed by atoms with van der Waals surface area (Å²) in [4.78, 5) is 34.1. The van der Waals surface area contributed by atoms with E-state index in [4.69, 9.17) is 4.74 Å². The number of rotatable bonds is 4. The number of hydrazine groups is 1. The molecule has 21 heavy (non-hydrogen) atoms. The molecule has 0 aliphatic carbocycles. The normalized spacial score (nSPS) is 9.43. The summed E-state index contributed by atoms with van der Waals surface area (Å²) in [6.07, 6.45) is -1.37. The number of benzene rings is 1. The Morgan fingerprint density at radius 3 is 2.33 bits per heavy atom. The van der Waals surface area contributed by atoms with Crippen molar-refractivity contribution < 1.29 is 23.9 Å². The van der Waals surface area contributed by atoms with Crippen molar-refractivity contribution in [2.75, 3.05) is 18.5 Å². The number of hydrogen-bond acceptors (Lipinski definition) is 5. The molecule has 3 N–H and O–H groups in total. The molecule has 0 fully saturated rings. The van der Waals surface area contributed by atoms with Gasteiger partial charge in [-0.25, -0.2) is 15.0 Å². The van der Waals surface area contributed by atoms with Gasteiger partial charge in [0, 0.05) is 11.3 Å². The minimum Gasteiger partial charge on any atom is -0.450 e. The SMILES string of the molecule is CCOC(=O)NNC(=O)c1cccc(NC(=O)OCC)c1. The average molecular weight is 295 g/mol. The van der Waals surface area contributed by atoms with Crippen LogP contribution in [-0.2, 0) is 9.47 Å². The molecule has 3 amide bonds. The highest BCUT2D eigenvalue weighted by atomic mass is 16.6. The highest BCUT2D eigenvalue weighted by Gasteiger charge is 2.09. The Morgan fingerprint density at radius 2 is 1.67 bits per heavy atom. The van der Waals surface area contributed by atoms with Crippen molar-refractivity contribution in [2.24, 2.45) is 0 Å². The molecule has 1 aromatic rings. The molecule has 0 bridgehead atoms. The summed E-state index contributed by atoms with van der Waals surface area (Å²) < 4.78 is 9.32. The molecular formula is C13H17N3O5. The zero-order valence-corrected chi connectivity index (χ0v) is 11.8. The quantitative estimate of drug-likeness (QED) is 0.732. The molecule has 0 unspecified atom stereocenters. The van der Waals surface area contributed by atoms with Gasteiger partial charge in [0.1, 0.15) is 0 Å². The van der Waals surface area contributed by atoms with Crippen molar-refractivity contribution in [3.05, 3.63) is 29.8 Å². The second-order valence-corrected chi connectivity index (χ2v) is 3.73. The van der Waals surface area contributed by atoms with E-state index in [0.29, 0.717) is 5.69 Å². The predicted molar refractivity (Wildman–Crippen MR) is 74.7 cm³/mol. The van der Waals surface area contributed by atoms with Gasteiger partial charge in [0.15, 0.2) is 0 Å². The second-order valence-electron chi connectivity index (χ2n) is 3.73. The van der Waals surface area contributed by atoms with Crippen LogP contribution in [0.15, 0.2) is 24.3 Å². The number of carbonyl (C=O) groups excluding carboxylic acids is 3. The van der Waals surface area contributed by atoms with Gasteiger partial charge in [-0.3, -0.25) is 15.5 Å². The minimum atomic E-state index is -0.758. The summed E-state index contributed by atoms with van der Waals surface area (Å²) >= 11 is 0. The Kier molecular flexibility index (Phi) is 6.52. The van der Waals surface area contributed by atoms with E-state index >= 15 is 0 Å². The highest BCUT2D eigenvalue weighted by Crippen LogP contribution is 2.10. The molecule has 0 radical (unpaired) electrons. The molecule has 0 aromatic heterocycles. The molecule has 1 rings (SSSR count). The van der Waals surface area contributed by atoms with Gasteiger partial charge in [0.25, 0.3) is 5.91 Å². The molecule has 0 atom stereocenters. The van der Waals surface area contributed by atoms with Crippen molar-refractivity contribution in [3.8, 4) is 0 Å². The average Bonchev–Trinajstić information content (AvgIpc) is 2.45. The maximum absolute atomic E-state index is 11.8. The number of nitrogens with one attached hydrogen (secondary N) is 3. The lowest BCUT2D eigenvalue weighted by Gasteiger charge is -2.09. The van der Waals surface area contributed by atoms with Crippen molar-refractivity contribution in [1.82, 2.24) is 10.9 Å². The van der Waals surface area contributed by atoms with Gasteiger partial charge in [-0.15, -0.1) is 0 Å². The zero-order chi connectivity index (χ0) is 15.7. The predicted octanol–water partition coefficient (Wildman–Crippen LogP) is 1.65. The fourth-order valence-electron chi connectivity index (χ4n) is 1.37. The van der Waals surface area contributed by atoms with E-state index in [2.05, 4.69) is 20.9 Å². The molecule has 0 saturated heterocycles. The number of amides is 3. The van der Waals surface area contributed by atoms with Gasteiger partial charge < -0.3 is 9.47 Å². The lowest BCUT2D eigenvalue weighted by Crippen LogP contribution is -2.41. The molecule has 0 saturated carbocycles. The summed E-state index contributed by atoms with van der Waals surface area (Å²) in [5.74, 6) is -0.546. The molecule has 0 heterocycles. The maximum Gasteiger partial charge on any atom is 0.426 e. The van der Waals surface area contributed by atoms with Crippen LogP contribution in [0.3, 0.4) is 0 Å². The molecule has 114 valence electrons. The first-order valence-corrected chi connectivity index (χ1v) is 6.33. The van der Waals surface area contributed by atoms with Crippen LogP contribution < -0.4 is 16.2 Å². The van der Waals surface area contributed by atoms with Crippen LogP contribution in [0.1, 0.15) is 24.2 Å². The second kappa shape index (κ2) is 8.41. The van der Waals surface area contributed by atoms with E-state index in [1.807, 2.05) is 0 Å². The number of hydrogen-bond donors (Lipinski definition) is 3. The largest absolute Gasteiger partial charge is 0.450 e. The first-order chi connectivity index (χ1) is 10.1. The highest BCUT2D eigenvalue weighted by molar-refractivity contribution is 5.96. The number of anilines is 1. The molecule has 8 nitrogen and oxygen atoms in total. The van der Waals surface area contributed by atoms with E-state index in [9.17, 15) is 14.4 Å². The molecule has 0 spiro atoms. The number of carbonyl (C=O) groups is 3. The maximum atomic E-state index is 11.8. The van der Waals surface area contributed by atoms with Gasteiger partial charge in [-0.1, -0.05) is 6.07 Å². The van der Waals surface area contributed by atoms with E-state index < -0.39 is 18.1 Å². The van der Waals surface area contributed by atoms with Gasteiger partial charge in [-0.2, -0.15) is 0 Å². The van der Waals surface area contributed by atoms with Gasteiger partial charge >= 0.3 is 12.2 Å². The molecule has 0 aliphatic heterocycles. The summed E-state index contributed by atoms with van der Waals surface area (Å²) in [5.41, 5.74) is 4.92. The standard InChI is InChI=1S/C13H17N3O5/c1-3-20-12(18)14-10-7-5-6-9(8-10)11(17)15-16-13(19)21-4-2/h5-8H,3-4H2,1-2H3,(H,14,18)(H,15,17)(H,16,19).